The lowest BCUT2D eigenvalue weighted by Gasteiger charge is -2.21. The Morgan fingerprint density at radius 2 is 2.19 bits per heavy atom. The van der Waals surface area contributed by atoms with E-state index in [1.807, 2.05) is 18.9 Å². The molecule has 0 saturated carbocycles. The van der Waals surface area contributed by atoms with Crippen molar-refractivity contribution in [1.29, 1.82) is 0 Å². The summed E-state index contributed by atoms with van der Waals surface area (Å²) in [7, 11) is 1.92. The van der Waals surface area contributed by atoms with Gasteiger partial charge < -0.3 is 20.1 Å². The number of hydrogen-bond acceptors (Lipinski definition) is 5. The lowest BCUT2D eigenvalue weighted by molar-refractivity contribution is -0.122. The second-order valence-electron chi connectivity index (χ2n) is 5.54. The Morgan fingerprint density at radius 3 is 2.86 bits per heavy atom. The number of likely N-dealkylation sites (N-methyl/N-ethyl adjacent to an activating group) is 1. The molecule has 1 aliphatic rings. The minimum atomic E-state index is -0.381. The van der Waals surface area contributed by atoms with Gasteiger partial charge in [0, 0.05) is 38.7 Å². The van der Waals surface area contributed by atoms with E-state index in [9.17, 15) is 9.59 Å². The third-order valence-electron chi connectivity index (χ3n) is 3.69. The Bertz CT molecular complexity index is 514. The molecular formula is C14H22N4O3. The highest BCUT2D eigenvalue weighted by Gasteiger charge is 2.29. The van der Waals surface area contributed by atoms with E-state index in [1.165, 1.54) is 0 Å². The molecule has 0 aliphatic carbocycles. The summed E-state index contributed by atoms with van der Waals surface area (Å²) in [5.41, 5.74) is 5.70. The number of aromatic nitrogens is 1. The molecule has 1 atom stereocenters. The van der Waals surface area contributed by atoms with E-state index in [4.69, 9.17) is 10.3 Å². The lowest BCUT2D eigenvalue weighted by Crippen LogP contribution is -2.40. The van der Waals surface area contributed by atoms with Crippen LogP contribution in [0, 0.1) is 5.92 Å². The summed E-state index contributed by atoms with van der Waals surface area (Å²) in [4.78, 5) is 27.6. The molecule has 1 fully saturated rings. The first-order valence-electron chi connectivity index (χ1n) is 7.24. The Hall–Kier alpha value is -1.89. The summed E-state index contributed by atoms with van der Waals surface area (Å²) in [5.74, 6) is -0.237. The Labute approximate surface area is 124 Å². The van der Waals surface area contributed by atoms with Gasteiger partial charge >= 0.3 is 0 Å². The van der Waals surface area contributed by atoms with Gasteiger partial charge in [-0.1, -0.05) is 12.1 Å². The van der Waals surface area contributed by atoms with Crippen molar-refractivity contribution in [2.75, 3.05) is 33.2 Å². The van der Waals surface area contributed by atoms with E-state index in [0.717, 1.165) is 12.8 Å². The molecule has 1 aromatic rings. The zero-order chi connectivity index (χ0) is 15.4. The zero-order valence-electron chi connectivity index (χ0n) is 12.5. The molecule has 7 heteroatoms. The minimum Gasteiger partial charge on any atom is -0.369 e. The topological polar surface area (TPSA) is 92.7 Å². The summed E-state index contributed by atoms with van der Waals surface area (Å²) in [5, 5.41) is 3.83. The highest BCUT2D eigenvalue weighted by atomic mass is 16.5. The minimum absolute atomic E-state index is 0.206. The van der Waals surface area contributed by atoms with Crippen LogP contribution in [-0.2, 0) is 11.2 Å². The number of hydrogen-bond donors (Lipinski definition) is 1. The van der Waals surface area contributed by atoms with Crippen LogP contribution >= 0.6 is 0 Å². The molecule has 2 rings (SSSR count). The fourth-order valence-electron chi connectivity index (χ4n) is 2.48. The fourth-order valence-corrected chi connectivity index (χ4v) is 2.48. The van der Waals surface area contributed by atoms with Crippen molar-refractivity contribution in [3.8, 4) is 0 Å². The molecule has 1 saturated heterocycles. The van der Waals surface area contributed by atoms with Gasteiger partial charge in [0.25, 0.3) is 5.91 Å². The highest BCUT2D eigenvalue weighted by Crippen LogP contribution is 2.13. The van der Waals surface area contributed by atoms with E-state index >= 15 is 0 Å². The maximum absolute atomic E-state index is 12.5. The summed E-state index contributed by atoms with van der Waals surface area (Å²) in [6.07, 6.45) is 1.69. The fraction of sp³-hybridized carbons (Fsp3) is 0.643. The largest absolute Gasteiger partial charge is 0.369 e. The third-order valence-corrected chi connectivity index (χ3v) is 3.69. The molecule has 0 spiro atoms. The average molecular weight is 294 g/mol. The molecule has 21 heavy (non-hydrogen) atoms. The smallest absolute Gasteiger partial charge is 0.276 e. The highest BCUT2D eigenvalue weighted by molar-refractivity contribution is 5.92. The number of carbonyl (C=O) groups excluding carboxylic acids is 2. The first-order valence-corrected chi connectivity index (χ1v) is 7.24. The van der Waals surface area contributed by atoms with Gasteiger partial charge in [0.15, 0.2) is 5.69 Å². The number of rotatable bonds is 4. The summed E-state index contributed by atoms with van der Waals surface area (Å²) in [6, 6.07) is 1.68. The van der Waals surface area contributed by atoms with Crippen molar-refractivity contribution in [2.45, 2.75) is 19.8 Å². The molecule has 0 bridgehead atoms. The van der Waals surface area contributed by atoms with Gasteiger partial charge in [-0.3, -0.25) is 9.59 Å². The van der Waals surface area contributed by atoms with E-state index < -0.39 is 0 Å². The number of carbonyl (C=O) groups is 2. The monoisotopic (exact) mass is 294 g/mol. The van der Waals surface area contributed by atoms with E-state index in [2.05, 4.69) is 5.16 Å². The molecular weight excluding hydrogens is 272 g/mol. The van der Waals surface area contributed by atoms with Gasteiger partial charge in [-0.2, -0.15) is 0 Å². The molecule has 0 aromatic carbocycles. The SMILES string of the molecule is CCCc1cc(C(=O)N2CCN(C)CC(C(N)=O)C2)no1. The number of aryl methyl sites for hydroxylation is 1. The molecule has 116 valence electrons. The maximum Gasteiger partial charge on any atom is 0.276 e. The number of primary amides is 1. The van der Waals surface area contributed by atoms with Crippen LogP contribution in [-0.4, -0.2) is 60.0 Å². The number of nitrogens with zero attached hydrogens (tertiary/aromatic N) is 3. The second-order valence-corrected chi connectivity index (χ2v) is 5.54. The molecule has 2 heterocycles. The number of amides is 2. The normalized spacial score (nSPS) is 20.3. The van der Waals surface area contributed by atoms with E-state index in [-0.39, 0.29) is 17.7 Å². The molecule has 2 N–H and O–H groups in total. The third kappa shape index (κ3) is 3.81. The van der Waals surface area contributed by atoms with Gasteiger partial charge in [-0.25, -0.2) is 0 Å². The van der Waals surface area contributed by atoms with Crippen molar-refractivity contribution in [3.05, 3.63) is 17.5 Å². The molecule has 1 aromatic heterocycles. The van der Waals surface area contributed by atoms with Crippen molar-refractivity contribution < 1.29 is 14.1 Å². The van der Waals surface area contributed by atoms with Crippen molar-refractivity contribution in [1.82, 2.24) is 15.0 Å². The van der Waals surface area contributed by atoms with Crippen LogP contribution in [0.5, 0.6) is 0 Å². The predicted molar refractivity (Wildman–Crippen MR) is 76.6 cm³/mol. The zero-order valence-corrected chi connectivity index (χ0v) is 12.5. The van der Waals surface area contributed by atoms with Crippen LogP contribution in [0.4, 0.5) is 0 Å². The summed E-state index contributed by atoms with van der Waals surface area (Å²) in [6.45, 7) is 4.18. The van der Waals surface area contributed by atoms with Crippen LogP contribution in [0.2, 0.25) is 0 Å². The lowest BCUT2D eigenvalue weighted by atomic mass is 10.1. The molecule has 0 radical (unpaired) electrons. The van der Waals surface area contributed by atoms with Crippen LogP contribution in [0.15, 0.2) is 10.6 Å². The van der Waals surface area contributed by atoms with Crippen LogP contribution in [0.3, 0.4) is 0 Å². The first kappa shape index (κ1) is 15.5. The Balaban J connectivity index is 2.10. The van der Waals surface area contributed by atoms with Crippen molar-refractivity contribution >= 4 is 11.8 Å². The van der Waals surface area contributed by atoms with Gasteiger partial charge in [0.2, 0.25) is 5.91 Å². The Morgan fingerprint density at radius 1 is 1.43 bits per heavy atom. The quantitative estimate of drug-likeness (QED) is 0.851. The van der Waals surface area contributed by atoms with E-state index in [1.54, 1.807) is 11.0 Å². The van der Waals surface area contributed by atoms with Crippen LogP contribution in [0.25, 0.3) is 0 Å². The van der Waals surface area contributed by atoms with Crippen molar-refractivity contribution in [2.24, 2.45) is 11.7 Å². The van der Waals surface area contributed by atoms with Gasteiger partial charge in [0.1, 0.15) is 5.76 Å². The summed E-state index contributed by atoms with van der Waals surface area (Å²) < 4.78 is 5.14. The van der Waals surface area contributed by atoms with Gasteiger partial charge in [0.05, 0.1) is 5.92 Å². The molecule has 2 amide bonds. The Kier molecular flexibility index (Phi) is 4.95. The standard InChI is InChI=1S/C14H22N4O3/c1-3-4-11-7-12(16-21-11)14(20)18-6-5-17(2)8-10(9-18)13(15)19/h7,10H,3-6,8-9H2,1-2H3,(H2,15,19). The predicted octanol–water partition coefficient (Wildman–Crippen LogP) is 0.116. The molecule has 1 unspecified atom stereocenters. The second kappa shape index (κ2) is 6.71. The van der Waals surface area contributed by atoms with Crippen LogP contribution in [0.1, 0.15) is 29.6 Å². The molecule has 7 nitrogen and oxygen atoms in total. The first-order chi connectivity index (χ1) is 10.0. The average Bonchev–Trinajstić information content (AvgIpc) is 2.80. The number of nitrogens with two attached hydrogens (primary N) is 1. The summed E-state index contributed by atoms with van der Waals surface area (Å²) >= 11 is 0. The van der Waals surface area contributed by atoms with Crippen LogP contribution < -0.4 is 5.73 Å². The van der Waals surface area contributed by atoms with Crippen molar-refractivity contribution in [3.63, 3.8) is 0 Å². The van der Waals surface area contributed by atoms with E-state index in [0.29, 0.717) is 37.6 Å². The molecule has 1 aliphatic heterocycles. The maximum atomic E-state index is 12.5. The van der Waals surface area contributed by atoms with Gasteiger partial charge in [-0.05, 0) is 13.5 Å². The van der Waals surface area contributed by atoms with Gasteiger partial charge in [-0.15, -0.1) is 0 Å².